The first-order valence-electron chi connectivity index (χ1n) is 10.3. The van der Waals surface area contributed by atoms with E-state index in [2.05, 4.69) is 25.0 Å². The lowest BCUT2D eigenvalue weighted by Crippen LogP contribution is -2.63. The summed E-state index contributed by atoms with van der Waals surface area (Å²) >= 11 is 5.87. The van der Waals surface area contributed by atoms with E-state index in [1.165, 1.54) is 6.42 Å². The van der Waals surface area contributed by atoms with Crippen LogP contribution in [0.3, 0.4) is 0 Å². The molecule has 1 amide bonds. The van der Waals surface area contributed by atoms with E-state index in [9.17, 15) is 14.7 Å². The number of nitrogens with one attached hydrogen (secondary N) is 1. The van der Waals surface area contributed by atoms with Gasteiger partial charge in [0.1, 0.15) is 5.60 Å². The molecular weight excluding hydrogens is 382 g/mol. The Labute approximate surface area is 169 Å². The quantitative estimate of drug-likeness (QED) is 0.358. The molecule has 0 aromatic heterocycles. The standard InChI is InChI=1S/C20H36ClNO4Si/c1-19(25)16(10-11-21)17(23)22-20(19,14-15-8-6-5-7-9-15)18(24)26-12-13-27(2,3)4/h15-16,25H,5-14H2,1-4H3,(H,22,23)/t16-,19-,20-/m0/s1. The van der Waals surface area contributed by atoms with Crippen LogP contribution in [0.15, 0.2) is 0 Å². The van der Waals surface area contributed by atoms with Crippen molar-refractivity contribution in [3.63, 3.8) is 0 Å². The van der Waals surface area contributed by atoms with Gasteiger partial charge in [0, 0.05) is 14.0 Å². The van der Waals surface area contributed by atoms with Crippen LogP contribution in [0.5, 0.6) is 0 Å². The molecule has 0 unspecified atom stereocenters. The predicted molar refractivity (Wildman–Crippen MR) is 111 cm³/mol. The molecule has 5 nitrogen and oxygen atoms in total. The summed E-state index contributed by atoms with van der Waals surface area (Å²) in [5.74, 6) is -0.897. The molecule has 0 radical (unpaired) electrons. The molecular formula is C20H36ClNO4Si. The Bertz CT molecular complexity index is 543. The van der Waals surface area contributed by atoms with Crippen molar-refractivity contribution >= 4 is 31.6 Å². The van der Waals surface area contributed by atoms with Gasteiger partial charge in [0.25, 0.3) is 0 Å². The van der Waals surface area contributed by atoms with Gasteiger partial charge in [-0.3, -0.25) is 4.79 Å². The van der Waals surface area contributed by atoms with E-state index in [-0.39, 0.29) is 11.8 Å². The maximum atomic E-state index is 13.2. The van der Waals surface area contributed by atoms with Crippen molar-refractivity contribution in [3.8, 4) is 0 Å². The summed E-state index contributed by atoms with van der Waals surface area (Å²) in [6, 6.07) is 0.861. The first-order chi connectivity index (χ1) is 12.5. The third-order valence-electron chi connectivity index (χ3n) is 6.35. The molecule has 2 N–H and O–H groups in total. The van der Waals surface area contributed by atoms with Gasteiger partial charge in [0.05, 0.1) is 12.5 Å². The van der Waals surface area contributed by atoms with E-state index < -0.39 is 31.1 Å². The van der Waals surface area contributed by atoms with Crippen LogP contribution >= 0.6 is 11.6 Å². The third-order valence-corrected chi connectivity index (χ3v) is 8.27. The van der Waals surface area contributed by atoms with Gasteiger partial charge in [-0.25, -0.2) is 4.79 Å². The molecule has 0 aromatic carbocycles. The zero-order chi connectivity index (χ0) is 20.3. The summed E-state index contributed by atoms with van der Waals surface area (Å²) < 4.78 is 5.65. The monoisotopic (exact) mass is 417 g/mol. The zero-order valence-electron chi connectivity index (χ0n) is 17.3. The highest BCUT2D eigenvalue weighted by atomic mass is 35.5. The van der Waals surface area contributed by atoms with Gasteiger partial charge in [-0.1, -0.05) is 51.7 Å². The van der Waals surface area contributed by atoms with Crippen LogP contribution in [0.1, 0.15) is 51.9 Å². The molecule has 1 heterocycles. The Morgan fingerprint density at radius 3 is 2.48 bits per heavy atom. The number of hydrogen-bond donors (Lipinski definition) is 2. The minimum Gasteiger partial charge on any atom is -0.464 e. The second kappa shape index (κ2) is 8.83. The molecule has 0 spiro atoms. The molecule has 1 aliphatic carbocycles. The van der Waals surface area contributed by atoms with Gasteiger partial charge >= 0.3 is 5.97 Å². The number of rotatable bonds is 8. The number of aliphatic hydroxyl groups is 1. The van der Waals surface area contributed by atoms with Gasteiger partial charge in [-0.15, -0.1) is 11.6 Å². The van der Waals surface area contributed by atoms with Crippen LogP contribution < -0.4 is 5.32 Å². The molecule has 156 valence electrons. The van der Waals surface area contributed by atoms with Crippen molar-refractivity contribution in [1.29, 1.82) is 0 Å². The van der Waals surface area contributed by atoms with E-state index in [1.54, 1.807) is 6.92 Å². The normalized spacial score (nSPS) is 32.4. The number of alkyl halides is 1. The number of hydrogen-bond acceptors (Lipinski definition) is 4. The molecule has 2 aliphatic rings. The first kappa shape index (κ1) is 22.7. The van der Waals surface area contributed by atoms with Gasteiger partial charge in [-0.2, -0.15) is 0 Å². The van der Waals surface area contributed by atoms with E-state index in [0.717, 1.165) is 31.7 Å². The highest BCUT2D eigenvalue weighted by Gasteiger charge is 2.65. The molecule has 0 bridgehead atoms. The molecule has 2 fully saturated rings. The lowest BCUT2D eigenvalue weighted by atomic mass is 9.69. The Morgan fingerprint density at radius 1 is 1.30 bits per heavy atom. The van der Waals surface area contributed by atoms with Crippen LogP contribution in [0.2, 0.25) is 25.7 Å². The van der Waals surface area contributed by atoms with Crippen LogP contribution in [0, 0.1) is 11.8 Å². The van der Waals surface area contributed by atoms with E-state index >= 15 is 0 Å². The van der Waals surface area contributed by atoms with Crippen molar-refractivity contribution in [2.75, 3.05) is 12.5 Å². The molecule has 1 saturated heterocycles. The Balaban J connectivity index is 2.25. The van der Waals surface area contributed by atoms with Crippen LogP contribution in [-0.4, -0.2) is 48.7 Å². The summed E-state index contributed by atoms with van der Waals surface area (Å²) in [7, 11) is -1.35. The van der Waals surface area contributed by atoms with Crippen LogP contribution in [-0.2, 0) is 14.3 Å². The maximum absolute atomic E-state index is 13.2. The molecule has 1 saturated carbocycles. The lowest BCUT2D eigenvalue weighted by molar-refractivity contribution is -0.164. The van der Waals surface area contributed by atoms with Crippen LogP contribution in [0.25, 0.3) is 0 Å². The summed E-state index contributed by atoms with van der Waals surface area (Å²) in [6.45, 7) is 8.62. The van der Waals surface area contributed by atoms with Gasteiger partial charge in [0.2, 0.25) is 5.91 Å². The number of esters is 1. The average Bonchev–Trinajstić information content (AvgIpc) is 2.76. The summed E-state index contributed by atoms with van der Waals surface area (Å²) in [4.78, 5) is 25.9. The number of ether oxygens (including phenoxy) is 1. The summed E-state index contributed by atoms with van der Waals surface area (Å²) in [6.07, 6.45) is 6.30. The fourth-order valence-corrected chi connectivity index (χ4v) is 5.43. The zero-order valence-corrected chi connectivity index (χ0v) is 19.0. The molecule has 1 aliphatic heterocycles. The van der Waals surface area contributed by atoms with Crippen molar-refractivity contribution in [3.05, 3.63) is 0 Å². The van der Waals surface area contributed by atoms with Crippen molar-refractivity contribution in [1.82, 2.24) is 5.32 Å². The highest BCUT2D eigenvalue weighted by molar-refractivity contribution is 6.76. The highest BCUT2D eigenvalue weighted by Crippen LogP contribution is 2.45. The second-order valence-corrected chi connectivity index (χ2v) is 15.7. The van der Waals surface area contributed by atoms with Crippen molar-refractivity contribution in [2.45, 2.75) is 88.7 Å². The minimum atomic E-state index is -1.51. The lowest BCUT2D eigenvalue weighted by Gasteiger charge is -2.41. The summed E-state index contributed by atoms with van der Waals surface area (Å²) in [5.41, 5.74) is -2.88. The van der Waals surface area contributed by atoms with Gasteiger partial charge < -0.3 is 15.2 Å². The number of carbonyl (C=O) groups excluding carboxylic acids is 2. The Hall–Kier alpha value is -0.593. The van der Waals surface area contributed by atoms with Crippen molar-refractivity contribution in [2.24, 2.45) is 11.8 Å². The first-order valence-corrected chi connectivity index (χ1v) is 14.6. The molecule has 3 atom stereocenters. The third kappa shape index (κ3) is 5.07. The number of carbonyl (C=O) groups is 2. The number of halogens is 1. The average molecular weight is 418 g/mol. The molecule has 2 rings (SSSR count). The minimum absolute atomic E-state index is 0.262. The smallest absolute Gasteiger partial charge is 0.334 e. The largest absolute Gasteiger partial charge is 0.464 e. The van der Waals surface area contributed by atoms with Crippen molar-refractivity contribution < 1.29 is 19.4 Å². The summed E-state index contributed by atoms with van der Waals surface area (Å²) in [5, 5.41) is 14.3. The number of amides is 1. The van der Waals surface area contributed by atoms with E-state index in [0.29, 0.717) is 25.4 Å². The van der Waals surface area contributed by atoms with E-state index in [1.807, 2.05) is 0 Å². The predicted octanol–water partition coefficient (Wildman–Crippen LogP) is 3.70. The SMILES string of the molecule is C[C@]1(O)[C@@H](CCCl)C(=O)N[C@@]1(CC1CCCCC1)C(=O)OCC[Si](C)(C)C. The molecule has 7 heteroatoms. The van der Waals surface area contributed by atoms with E-state index in [4.69, 9.17) is 16.3 Å². The van der Waals surface area contributed by atoms with Gasteiger partial charge in [0.15, 0.2) is 5.54 Å². The fourth-order valence-electron chi connectivity index (χ4n) is 4.49. The topological polar surface area (TPSA) is 75.6 Å². The maximum Gasteiger partial charge on any atom is 0.334 e. The Morgan fingerprint density at radius 2 is 1.93 bits per heavy atom. The molecule has 0 aromatic rings. The van der Waals surface area contributed by atoms with Gasteiger partial charge in [-0.05, 0) is 31.7 Å². The molecule has 27 heavy (non-hydrogen) atoms. The Kier molecular flexibility index (Phi) is 7.42. The second-order valence-electron chi connectivity index (χ2n) is 9.73. The fraction of sp³-hybridized carbons (Fsp3) is 0.900. The van der Waals surface area contributed by atoms with Crippen LogP contribution in [0.4, 0.5) is 0 Å².